The smallest absolute Gasteiger partial charge is 0.146 e. The lowest BCUT2D eigenvalue weighted by atomic mass is 10.3. The molecule has 0 fully saturated rings. The van der Waals surface area contributed by atoms with Gasteiger partial charge in [0, 0.05) is 11.4 Å². The molecule has 2 N–H and O–H groups in total. The standard InChI is InChI=1S/C13H14ClNO2/c14-10-2-1-3-12(8-10)16-9-13-5-4-11(17-13)6-7-15/h1-5,8H,6-7,9,15H2. The Bertz CT molecular complexity index is 482. The average molecular weight is 252 g/mol. The first-order valence-corrected chi connectivity index (χ1v) is 5.82. The van der Waals surface area contributed by atoms with Gasteiger partial charge < -0.3 is 14.9 Å². The second kappa shape index (κ2) is 5.75. The third kappa shape index (κ3) is 3.51. The molecule has 2 rings (SSSR count). The quantitative estimate of drug-likeness (QED) is 0.889. The average Bonchev–Trinajstić information content (AvgIpc) is 2.75. The Hall–Kier alpha value is -1.45. The molecule has 90 valence electrons. The van der Waals surface area contributed by atoms with Crippen LogP contribution < -0.4 is 10.5 Å². The molecule has 0 atom stereocenters. The fraction of sp³-hybridized carbons (Fsp3) is 0.231. The second-order valence-electron chi connectivity index (χ2n) is 3.65. The van der Waals surface area contributed by atoms with E-state index in [-0.39, 0.29) is 0 Å². The number of hydrogen-bond acceptors (Lipinski definition) is 3. The molecular formula is C13H14ClNO2. The van der Waals surface area contributed by atoms with Crippen molar-refractivity contribution in [3.05, 3.63) is 52.9 Å². The third-order valence-corrected chi connectivity index (χ3v) is 2.52. The maximum atomic E-state index is 5.85. The fourth-order valence-electron chi connectivity index (χ4n) is 1.49. The van der Waals surface area contributed by atoms with Crippen LogP contribution in [0.1, 0.15) is 11.5 Å². The van der Waals surface area contributed by atoms with Crippen LogP contribution in [0.4, 0.5) is 0 Å². The van der Waals surface area contributed by atoms with E-state index in [9.17, 15) is 0 Å². The predicted octanol–water partition coefficient (Wildman–Crippen LogP) is 3.01. The van der Waals surface area contributed by atoms with Gasteiger partial charge in [0.05, 0.1) is 0 Å². The Labute approximate surface area is 105 Å². The van der Waals surface area contributed by atoms with Crippen molar-refractivity contribution >= 4 is 11.6 Å². The summed E-state index contributed by atoms with van der Waals surface area (Å²) in [6, 6.07) is 11.1. The molecule has 17 heavy (non-hydrogen) atoms. The zero-order valence-corrected chi connectivity index (χ0v) is 10.1. The molecule has 0 saturated heterocycles. The van der Waals surface area contributed by atoms with E-state index >= 15 is 0 Å². The maximum Gasteiger partial charge on any atom is 0.146 e. The first kappa shape index (κ1) is 12.0. The van der Waals surface area contributed by atoms with Gasteiger partial charge in [-0.15, -0.1) is 0 Å². The van der Waals surface area contributed by atoms with Crippen LogP contribution in [0, 0.1) is 0 Å². The summed E-state index contributed by atoms with van der Waals surface area (Å²) in [5, 5.41) is 0.658. The predicted molar refractivity (Wildman–Crippen MR) is 67.3 cm³/mol. The van der Waals surface area contributed by atoms with E-state index in [1.165, 1.54) is 0 Å². The van der Waals surface area contributed by atoms with Crippen molar-refractivity contribution in [3.63, 3.8) is 0 Å². The molecule has 0 saturated carbocycles. The van der Waals surface area contributed by atoms with Crippen LogP contribution >= 0.6 is 11.6 Å². The lowest BCUT2D eigenvalue weighted by molar-refractivity contribution is 0.266. The molecule has 1 aromatic heterocycles. The molecule has 0 amide bonds. The highest BCUT2D eigenvalue weighted by Gasteiger charge is 2.02. The van der Waals surface area contributed by atoms with Gasteiger partial charge in [-0.05, 0) is 36.9 Å². The van der Waals surface area contributed by atoms with E-state index in [4.69, 9.17) is 26.5 Å². The van der Waals surface area contributed by atoms with Crippen molar-refractivity contribution in [1.29, 1.82) is 0 Å². The molecule has 0 aliphatic rings. The minimum absolute atomic E-state index is 0.394. The van der Waals surface area contributed by atoms with Crippen molar-refractivity contribution in [2.45, 2.75) is 13.0 Å². The monoisotopic (exact) mass is 251 g/mol. The van der Waals surface area contributed by atoms with Gasteiger partial charge in [-0.3, -0.25) is 0 Å². The number of rotatable bonds is 5. The molecule has 0 unspecified atom stereocenters. The molecule has 0 radical (unpaired) electrons. The molecular weight excluding hydrogens is 238 g/mol. The molecule has 1 aromatic carbocycles. The van der Waals surface area contributed by atoms with Crippen LogP contribution in [0.15, 0.2) is 40.8 Å². The fourth-order valence-corrected chi connectivity index (χ4v) is 1.67. The van der Waals surface area contributed by atoms with E-state index in [1.54, 1.807) is 12.1 Å². The Morgan fingerprint density at radius 2 is 2.00 bits per heavy atom. The van der Waals surface area contributed by atoms with Crippen LogP contribution in [-0.4, -0.2) is 6.54 Å². The third-order valence-electron chi connectivity index (χ3n) is 2.29. The summed E-state index contributed by atoms with van der Waals surface area (Å²) >= 11 is 5.85. The van der Waals surface area contributed by atoms with Crippen molar-refractivity contribution in [2.24, 2.45) is 5.73 Å². The highest BCUT2D eigenvalue weighted by molar-refractivity contribution is 6.30. The van der Waals surface area contributed by atoms with Crippen LogP contribution in [-0.2, 0) is 13.0 Å². The molecule has 0 bridgehead atoms. The van der Waals surface area contributed by atoms with Crippen LogP contribution in [0.3, 0.4) is 0 Å². The molecule has 0 aliphatic carbocycles. The van der Waals surface area contributed by atoms with Crippen LogP contribution in [0.5, 0.6) is 5.75 Å². The zero-order valence-electron chi connectivity index (χ0n) is 9.36. The summed E-state index contributed by atoms with van der Waals surface area (Å²) in [6.07, 6.45) is 0.747. The Morgan fingerprint density at radius 3 is 2.76 bits per heavy atom. The van der Waals surface area contributed by atoms with Crippen LogP contribution in [0.2, 0.25) is 5.02 Å². The minimum atomic E-state index is 0.394. The summed E-state index contributed by atoms with van der Waals surface area (Å²) in [5.74, 6) is 2.40. The number of hydrogen-bond donors (Lipinski definition) is 1. The minimum Gasteiger partial charge on any atom is -0.486 e. The molecule has 2 aromatic rings. The second-order valence-corrected chi connectivity index (χ2v) is 4.09. The van der Waals surface area contributed by atoms with Crippen molar-refractivity contribution in [2.75, 3.05) is 6.54 Å². The summed E-state index contributed by atoms with van der Waals surface area (Å²) in [4.78, 5) is 0. The largest absolute Gasteiger partial charge is 0.486 e. The van der Waals surface area contributed by atoms with E-state index in [0.717, 1.165) is 23.7 Å². The van der Waals surface area contributed by atoms with E-state index in [2.05, 4.69) is 0 Å². The van der Waals surface area contributed by atoms with Gasteiger partial charge in [0.1, 0.15) is 23.9 Å². The number of benzene rings is 1. The van der Waals surface area contributed by atoms with Gasteiger partial charge in [-0.1, -0.05) is 17.7 Å². The number of ether oxygens (including phenoxy) is 1. The van der Waals surface area contributed by atoms with Gasteiger partial charge in [0.2, 0.25) is 0 Å². The topological polar surface area (TPSA) is 48.4 Å². The Morgan fingerprint density at radius 1 is 1.18 bits per heavy atom. The van der Waals surface area contributed by atoms with Gasteiger partial charge in [0.25, 0.3) is 0 Å². The normalized spacial score (nSPS) is 10.5. The van der Waals surface area contributed by atoms with Gasteiger partial charge >= 0.3 is 0 Å². The molecule has 3 nitrogen and oxygen atoms in total. The van der Waals surface area contributed by atoms with Crippen molar-refractivity contribution < 1.29 is 9.15 Å². The molecule has 4 heteroatoms. The first-order valence-electron chi connectivity index (χ1n) is 5.44. The summed E-state index contributed by atoms with van der Waals surface area (Å²) in [5.41, 5.74) is 5.45. The Kier molecular flexibility index (Phi) is 4.07. The highest BCUT2D eigenvalue weighted by atomic mass is 35.5. The highest BCUT2D eigenvalue weighted by Crippen LogP contribution is 2.19. The van der Waals surface area contributed by atoms with E-state index < -0.39 is 0 Å². The lowest BCUT2D eigenvalue weighted by Gasteiger charge is -2.04. The maximum absolute atomic E-state index is 5.85. The molecule has 0 aliphatic heterocycles. The zero-order chi connectivity index (χ0) is 12.1. The Balaban J connectivity index is 1.93. The van der Waals surface area contributed by atoms with Crippen LogP contribution in [0.25, 0.3) is 0 Å². The first-order chi connectivity index (χ1) is 8.28. The number of halogens is 1. The van der Waals surface area contributed by atoms with Gasteiger partial charge in [0.15, 0.2) is 0 Å². The molecule has 0 spiro atoms. The van der Waals surface area contributed by atoms with Gasteiger partial charge in [-0.25, -0.2) is 0 Å². The lowest BCUT2D eigenvalue weighted by Crippen LogP contribution is -2.01. The SMILES string of the molecule is NCCc1ccc(COc2cccc(Cl)c2)o1. The van der Waals surface area contributed by atoms with Crippen molar-refractivity contribution in [3.8, 4) is 5.75 Å². The van der Waals surface area contributed by atoms with Gasteiger partial charge in [-0.2, -0.15) is 0 Å². The molecule has 1 heterocycles. The number of furan rings is 1. The van der Waals surface area contributed by atoms with Crippen molar-refractivity contribution in [1.82, 2.24) is 0 Å². The summed E-state index contributed by atoms with van der Waals surface area (Å²) < 4.78 is 11.1. The summed E-state index contributed by atoms with van der Waals surface area (Å²) in [7, 11) is 0. The summed E-state index contributed by atoms with van der Waals surface area (Å²) in [6.45, 7) is 0.979. The number of nitrogens with two attached hydrogens (primary N) is 1. The van der Waals surface area contributed by atoms with E-state index in [0.29, 0.717) is 18.2 Å². The van der Waals surface area contributed by atoms with E-state index in [1.807, 2.05) is 24.3 Å².